The molecule has 18 heavy (non-hydrogen) atoms. The van der Waals surface area contributed by atoms with Crippen LogP contribution in [-0.2, 0) is 14.8 Å². The molecule has 0 spiro atoms. The summed E-state index contributed by atoms with van der Waals surface area (Å²) in [4.78, 5) is 15.5. The van der Waals surface area contributed by atoms with Gasteiger partial charge in [-0.05, 0) is 31.9 Å². The normalized spacial score (nSPS) is 21.7. The van der Waals surface area contributed by atoms with E-state index in [2.05, 4.69) is 4.98 Å². The number of nitrogens with zero attached hydrogens (tertiary/aromatic N) is 2. The summed E-state index contributed by atoms with van der Waals surface area (Å²) in [5, 5.41) is 0. The molecule has 1 aliphatic heterocycles. The molecule has 98 valence electrons. The largest absolute Gasteiger partial charge is 0.298 e. The van der Waals surface area contributed by atoms with Crippen LogP contribution in [0.1, 0.15) is 26.2 Å². The fourth-order valence-corrected chi connectivity index (χ4v) is 3.91. The lowest BCUT2D eigenvalue weighted by atomic mass is 10.0. The fraction of sp³-hybridized carbons (Fsp3) is 0.500. The quantitative estimate of drug-likeness (QED) is 0.826. The summed E-state index contributed by atoms with van der Waals surface area (Å²) in [6.07, 6.45) is 5.14. The summed E-state index contributed by atoms with van der Waals surface area (Å²) in [6.45, 7) is 1.85. The number of hydrogen-bond donors (Lipinski definition) is 0. The third kappa shape index (κ3) is 2.44. The van der Waals surface area contributed by atoms with Crippen molar-refractivity contribution in [3.8, 4) is 0 Å². The lowest BCUT2D eigenvalue weighted by Crippen LogP contribution is -2.47. The van der Waals surface area contributed by atoms with Gasteiger partial charge in [-0.15, -0.1) is 0 Å². The van der Waals surface area contributed by atoms with Crippen molar-refractivity contribution in [3.63, 3.8) is 0 Å². The van der Waals surface area contributed by atoms with Crippen molar-refractivity contribution in [2.75, 3.05) is 6.54 Å². The molecule has 5 nitrogen and oxygen atoms in total. The molecule has 0 bridgehead atoms. The van der Waals surface area contributed by atoms with Crippen LogP contribution in [0, 0.1) is 0 Å². The third-order valence-corrected chi connectivity index (χ3v) is 5.06. The Morgan fingerprint density at radius 1 is 1.44 bits per heavy atom. The molecule has 1 aromatic rings. The number of carbonyl (C=O) groups excluding carboxylic acids is 1. The van der Waals surface area contributed by atoms with Gasteiger partial charge >= 0.3 is 0 Å². The second kappa shape index (κ2) is 5.16. The van der Waals surface area contributed by atoms with Crippen molar-refractivity contribution >= 4 is 15.8 Å². The van der Waals surface area contributed by atoms with Gasteiger partial charge in [0, 0.05) is 18.9 Å². The van der Waals surface area contributed by atoms with Gasteiger partial charge in [0.25, 0.3) is 0 Å². The van der Waals surface area contributed by atoms with E-state index in [9.17, 15) is 13.2 Å². The van der Waals surface area contributed by atoms with Crippen molar-refractivity contribution in [2.45, 2.75) is 37.1 Å². The second-order valence-electron chi connectivity index (χ2n) is 4.43. The van der Waals surface area contributed by atoms with Crippen molar-refractivity contribution < 1.29 is 13.2 Å². The van der Waals surface area contributed by atoms with Gasteiger partial charge in [-0.1, -0.05) is 6.42 Å². The minimum atomic E-state index is -3.61. The van der Waals surface area contributed by atoms with E-state index in [4.69, 9.17) is 0 Å². The first-order valence-corrected chi connectivity index (χ1v) is 7.40. The highest BCUT2D eigenvalue weighted by Crippen LogP contribution is 2.25. The van der Waals surface area contributed by atoms with E-state index in [-0.39, 0.29) is 10.7 Å². The lowest BCUT2D eigenvalue weighted by Gasteiger charge is -2.32. The third-order valence-electron chi connectivity index (χ3n) is 3.16. The summed E-state index contributed by atoms with van der Waals surface area (Å²) in [5.41, 5.74) is 0. The number of piperidine rings is 1. The molecule has 2 rings (SSSR count). The van der Waals surface area contributed by atoms with E-state index in [0.717, 1.165) is 12.8 Å². The number of sulfonamides is 1. The fourth-order valence-electron chi connectivity index (χ4n) is 2.23. The van der Waals surface area contributed by atoms with E-state index < -0.39 is 16.1 Å². The SMILES string of the molecule is CC(=O)C1CCCCN1S(=O)(=O)c1cccnc1. The molecule has 1 aromatic heterocycles. The van der Waals surface area contributed by atoms with Crippen LogP contribution < -0.4 is 0 Å². The monoisotopic (exact) mass is 268 g/mol. The first-order valence-electron chi connectivity index (χ1n) is 5.96. The van der Waals surface area contributed by atoms with Crippen LogP contribution in [0.5, 0.6) is 0 Å². The maximum absolute atomic E-state index is 12.4. The van der Waals surface area contributed by atoms with Gasteiger partial charge < -0.3 is 0 Å². The number of carbonyl (C=O) groups is 1. The summed E-state index contributed by atoms with van der Waals surface area (Å²) in [7, 11) is -3.61. The van der Waals surface area contributed by atoms with Crippen molar-refractivity contribution in [1.29, 1.82) is 0 Å². The highest BCUT2D eigenvalue weighted by atomic mass is 32.2. The molecule has 0 aromatic carbocycles. The first kappa shape index (κ1) is 13.2. The van der Waals surface area contributed by atoms with Gasteiger partial charge in [-0.2, -0.15) is 4.31 Å². The Labute approximate surface area is 107 Å². The van der Waals surface area contributed by atoms with E-state index in [0.29, 0.717) is 13.0 Å². The Kier molecular flexibility index (Phi) is 3.77. The van der Waals surface area contributed by atoms with Crippen molar-refractivity contribution in [3.05, 3.63) is 24.5 Å². The smallest absolute Gasteiger partial charge is 0.245 e. The van der Waals surface area contributed by atoms with Gasteiger partial charge in [0.2, 0.25) is 10.0 Å². The van der Waals surface area contributed by atoms with Crippen molar-refractivity contribution in [1.82, 2.24) is 9.29 Å². The van der Waals surface area contributed by atoms with Crippen LogP contribution in [-0.4, -0.2) is 36.1 Å². The maximum atomic E-state index is 12.4. The van der Waals surface area contributed by atoms with E-state index in [1.54, 1.807) is 6.07 Å². The molecule has 0 saturated carbocycles. The minimum Gasteiger partial charge on any atom is -0.298 e. The zero-order chi connectivity index (χ0) is 13.2. The average Bonchev–Trinajstić information content (AvgIpc) is 2.39. The average molecular weight is 268 g/mol. The topological polar surface area (TPSA) is 67.3 Å². The predicted octanol–water partition coefficient (Wildman–Crippen LogP) is 1.21. The molecule has 6 heteroatoms. The Bertz CT molecular complexity index is 528. The molecular weight excluding hydrogens is 252 g/mol. The molecule has 1 saturated heterocycles. The summed E-state index contributed by atoms with van der Waals surface area (Å²) < 4.78 is 26.2. The molecule has 0 amide bonds. The zero-order valence-electron chi connectivity index (χ0n) is 10.2. The molecule has 1 atom stereocenters. The Morgan fingerprint density at radius 3 is 2.83 bits per heavy atom. The summed E-state index contributed by atoms with van der Waals surface area (Å²) >= 11 is 0. The number of rotatable bonds is 3. The Balaban J connectivity index is 2.36. The standard InChI is InChI=1S/C12H16N2O3S/c1-10(15)12-6-2-3-8-14(12)18(16,17)11-5-4-7-13-9-11/h4-5,7,9,12H,2-3,6,8H2,1H3. The first-order chi connectivity index (χ1) is 8.53. The number of aromatic nitrogens is 1. The van der Waals surface area contributed by atoms with Crippen molar-refractivity contribution in [2.24, 2.45) is 0 Å². The molecule has 1 fully saturated rings. The van der Waals surface area contributed by atoms with Crippen LogP contribution in [0.2, 0.25) is 0 Å². The number of ketones is 1. The van der Waals surface area contributed by atoms with Gasteiger partial charge in [-0.3, -0.25) is 9.78 Å². The lowest BCUT2D eigenvalue weighted by molar-refractivity contribution is -0.121. The number of hydrogen-bond acceptors (Lipinski definition) is 4. The van der Waals surface area contributed by atoms with Gasteiger partial charge in [0.15, 0.2) is 0 Å². The number of Topliss-reactive ketones (excluding diaryl/α,β-unsaturated/α-hetero) is 1. The van der Waals surface area contributed by atoms with Crippen LogP contribution in [0.3, 0.4) is 0 Å². The minimum absolute atomic E-state index is 0.0952. The second-order valence-corrected chi connectivity index (χ2v) is 6.32. The Hall–Kier alpha value is -1.27. The highest BCUT2D eigenvalue weighted by Gasteiger charge is 2.35. The zero-order valence-corrected chi connectivity index (χ0v) is 11.1. The summed E-state index contributed by atoms with van der Waals surface area (Å²) in [6, 6.07) is 2.57. The molecule has 1 aliphatic rings. The summed E-state index contributed by atoms with van der Waals surface area (Å²) in [5.74, 6) is -0.0952. The number of pyridine rings is 1. The Morgan fingerprint density at radius 2 is 2.22 bits per heavy atom. The molecule has 0 radical (unpaired) electrons. The van der Waals surface area contributed by atoms with Crippen LogP contribution in [0.25, 0.3) is 0 Å². The highest BCUT2D eigenvalue weighted by molar-refractivity contribution is 7.89. The van der Waals surface area contributed by atoms with Crippen LogP contribution in [0.4, 0.5) is 0 Å². The van der Waals surface area contributed by atoms with Crippen LogP contribution >= 0.6 is 0 Å². The molecule has 1 unspecified atom stereocenters. The van der Waals surface area contributed by atoms with Gasteiger partial charge in [0.05, 0.1) is 6.04 Å². The maximum Gasteiger partial charge on any atom is 0.245 e. The van der Waals surface area contributed by atoms with E-state index in [1.165, 1.54) is 29.7 Å². The molecular formula is C12H16N2O3S. The molecule has 0 aliphatic carbocycles. The van der Waals surface area contributed by atoms with Crippen LogP contribution in [0.15, 0.2) is 29.4 Å². The molecule has 2 heterocycles. The van der Waals surface area contributed by atoms with E-state index in [1.807, 2.05) is 0 Å². The van der Waals surface area contributed by atoms with E-state index >= 15 is 0 Å². The van der Waals surface area contributed by atoms with Gasteiger partial charge in [0.1, 0.15) is 10.7 Å². The predicted molar refractivity (Wildman–Crippen MR) is 66.4 cm³/mol. The van der Waals surface area contributed by atoms with Gasteiger partial charge in [-0.25, -0.2) is 8.42 Å². The molecule has 0 N–H and O–H groups in total.